The van der Waals surface area contributed by atoms with Crippen molar-refractivity contribution in [2.75, 3.05) is 19.8 Å². The molecule has 1 aromatic rings. The topological polar surface area (TPSA) is 41.5 Å². The Balaban J connectivity index is 2.17. The Morgan fingerprint density at radius 3 is 2.67 bits per heavy atom. The quantitative estimate of drug-likeness (QED) is 0.730. The molecular formula is C11H16ClNO2. The number of benzene rings is 1. The Bertz CT molecular complexity index is 276. The molecule has 0 aliphatic rings. The third-order valence-electron chi connectivity index (χ3n) is 1.95. The summed E-state index contributed by atoms with van der Waals surface area (Å²) in [5, 5.41) is 12.6. The molecule has 3 nitrogen and oxygen atoms in total. The van der Waals surface area contributed by atoms with Gasteiger partial charge in [-0.05, 0) is 31.2 Å². The van der Waals surface area contributed by atoms with Crippen LogP contribution >= 0.6 is 11.6 Å². The first-order valence-corrected chi connectivity index (χ1v) is 5.33. The standard InChI is InChI=1S/C11H16ClNO2/c1-9(8-14)13-6-7-15-11-4-2-10(12)3-5-11/h2-5,9,13-14H,6-8H2,1H3. The summed E-state index contributed by atoms with van der Waals surface area (Å²) < 4.78 is 5.45. The Labute approximate surface area is 95.0 Å². The van der Waals surface area contributed by atoms with Gasteiger partial charge in [-0.25, -0.2) is 0 Å². The summed E-state index contributed by atoms with van der Waals surface area (Å²) in [6, 6.07) is 7.36. The minimum absolute atomic E-state index is 0.110. The number of nitrogens with one attached hydrogen (secondary N) is 1. The van der Waals surface area contributed by atoms with Crippen LogP contribution in [0.25, 0.3) is 0 Å². The normalized spacial score (nSPS) is 12.5. The summed E-state index contributed by atoms with van der Waals surface area (Å²) in [4.78, 5) is 0. The minimum atomic E-state index is 0.110. The van der Waals surface area contributed by atoms with Gasteiger partial charge in [-0.15, -0.1) is 0 Å². The number of rotatable bonds is 6. The molecule has 0 saturated heterocycles. The molecule has 4 heteroatoms. The number of halogens is 1. The van der Waals surface area contributed by atoms with Crippen LogP contribution in [0.15, 0.2) is 24.3 Å². The van der Waals surface area contributed by atoms with Gasteiger partial charge in [-0.2, -0.15) is 0 Å². The predicted octanol–water partition coefficient (Wildman–Crippen LogP) is 1.69. The molecule has 0 aliphatic heterocycles. The van der Waals surface area contributed by atoms with Crippen molar-refractivity contribution in [1.82, 2.24) is 5.32 Å². The Hall–Kier alpha value is -0.770. The summed E-state index contributed by atoms with van der Waals surface area (Å²) in [6.45, 7) is 3.35. The van der Waals surface area contributed by atoms with E-state index in [2.05, 4.69) is 5.32 Å². The highest BCUT2D eigenvalue weighted by molar-refractivity contribution is 6.30. The molecule has 1 aromatic carbocycles. The molecule has 0 saturated carbocycles. The first-order chi connectivity index (χ1) is 7.22. The van der Waals surface area contributed by atoms with E-state index in [-0.39, 0.29) is 12.6 Å². The minimum Gasteiger partial charge on any atom is -0.492 e. The first kappa shape index (κ1) is 12.3. The molecule has 1 atom stereocenters. The van der Waals surface area contributed by atoms with Crippen LogP contribution in [0.1, 0.15) is 6.92 Å². The molecule has 1 rings (SSSR count). The average molecular weight is 230 g/mol. The molecule has 0 spiro atoms. The Morgan fingerprint density at radius 1 is 1.40 bits per heavy atom. The molecule has 0 aromatic heterocycles. The summed E-state index contributed by atoms with van der Waals surface area (Å²) in [5.41, 5.74) is 0. The molecule has 0 aliphatic carbocycles. The van der Waals surface area contributed by atoms with E-state index in [1.54, 1.807) is 12.1 Å². The second-order valence-electron chi connectivity index (χ2n) is 3.34. The van der Waals surface area contributed by atoms with E-state index in [4.69, 9.17) is 21.4 Å². The lowest BCUT2D eigenvalue weighted by Crippen LogP contribution is -2.32. The van der Waals surface area contributed by atoms with Crippen LogP contribution in [0.5, 0.6) is 5.75 Å². The zero-order chi connectivity index (χ0) is 11.1. The Kier molecular flexibility index (Phi) is 5.47. The fourth-order valence-corrected chi connectivity index (χ4v) is 1.20. The van der Waals surface area contributed by atoms with E-state index in [1.807, 2.05) is 19.1 Å². The fourth-order valence-electron chi connectivity index (χ4n) is 1.07. The molecule has 0 heterocycles. The van der Waals surface area contributed by atoms with Crippen molar-refractivity contribution in [2.24, 2.45) is 0 Å². The highest BCUT2D eigenvalue weighted by Crippen LogP contribution is 2.14. The number of hydrogen-bond acceptors (Lipinski definition) is 3. The molecule has 1 unspecified atom stereocenters. The predicted molar refractivity (Wildman–Crippen MR) is 61.5 cm³/mol. The van der Waals surface area contributed by atoms with E-state index in [9.17, 15) is 0 Å². The van der Waals surface area contributed by atoms with Gasteiger partial charge in [0.05, 0.1) is 6.61 Å². The van der Waals surface area contributed by atoms with Crippen molar-refractivity contribution in [1.29, 1.82) is 0 Å². The van der Waals surface area contributed by atoms with Crippen LogP contribution in [0, 0.1) is 0 Å². The lowest BCUT2D eigenvalue weighted by atomic mass is 10.3. The highest BCUT2D eigenvalue weighted by atomic mass is 35.5. The van der Waals surface area contributed by atoms with Crippen molar-refractivity contribution in [3.8, 4) is 5.75 Å². The molecule has 0 bridgehead atoms. The van der Waals surface area contributed by atoms with Crippen LogP contribution < -0.4 is 10.1 Å². The van der Waals surface area contributed by atoms with Crippen LogP contribution in [-0.2, 0) is 0 Å². The van der Waals surface area contributed by atoms with Gasteiger partial charge in [0.25, 0.3) is 0 Å². The van der Waals surface area contributed by atoms with Gasteiger partial charge in [0.15, 0.2) is 0 Å². The smallest absolute Gasteiger partial charge is 0.119 e. The third kappa shape index (κ3) is 5.02. The number of aliphatic hydroxyl groups is 1. The van der Waals surface area contributed by atoms with E-state index in [1.165, 1.54) is 0 Å². The van der Waals surface area contributed by atoms with E-state index >= 15 is 0 Å². The monoisotopic (exact) mass is 229 g/mol. The zero-order valence-corrected chi connectivity index (χ0v) is 9.50. The maximum atomic E-state index is 8.76. The lowest BCUT2D eigenvalue weighted by Gasteiger charge is -2.11. The lowest BCUT2D eigenvalue weighted by molar-refractivity contribution is 0.239. The summed E-state index contributed by atoms with van der Waals surface area (Å²) in [5.74, 6) is 0.804. The van der Waals surface area contributed by atoms with Crippen LogP contribution in [0.4, 0.5) is 0 Å². The van der Waals surface area contributed by atoms with Gasteiger partial charge in [-0.1, -0.05) is 11.6 Å². The zero-order valence-electron chi connectivity index (χ0n) is 8.74. The van der Waals surface area contributed by atoms with E-state index < -0.39 is 0 Å². The summed E-state index contributed by atoms with van der Waals surface area (Å²) in [6.07, 6.45) is 0. The number of aliphatic hydroxyl groups excluding tert-OH is 1. The van der Waals surface area contributed by atoms with Gasteiger partial charge in [0, 0.05) is 17.6 Å². The SMILES string of the molecule is CC(CO)NCCOc1ccc(Cl)cc1. The Morgan fingerprint density at radius 2 is 2.07 bits per heavy atom. The van der Waals surface area contributed by atoms with E-state index in [0.717, 1.165) is 5.75 Å². The van der Waals surface area contributed by atoms with Crippen LogP contribution in [-0.4, -0.2) is 30.9 Å². The highest BCUT2D eigenvalue weighted by Gasteiger charge is 1.98. The average Bonchev–Trinajstić information content (AvgIpc) is 2.26. The molecule has 0 radical (unpaired) electrons. The van der Waals surface area contributed by atoms with Crippen molar-refractivity contribution in [2.45, 2.75) is 13.0 Å². The molecule has 15 heavy (non-hydrogen) atoms. The fraction of sp³-hybridized carbons (Fsp3) is 0.455. The second-order valence-corrected chi connectivity index (χ2v) is 3.78. The molecular weight excluding hydrogens is 214 g/mol. The van der Waals surface area contributed by atoms with Crippen LogP contribution in [0.2, 0.25) is 5.02 Å². The first-order valence-electron chi connectivity index (χ1n) is 4.95. The van der Waals surface area contributed by atoms with E-state index in [0.29, 0.717) is 18.2 Å². The number of ether oxygens (including phenoxy) is 1. The summed E-state index contributed by atoms with van der Waals surface area (Å²) in [7, 11) is 0. The van der Waals surface area contributed by atoms with Gasteiger partial charge in [-0.3, -0.25) is 0 Å². The maximum absolute atomic E-state index is 8.76. The molecule has 0 amide bonds. The van der Waals surface area contributed by atoms with Crippen LogP contribution in [0.3, 0.4) is 0 Å². The van der Waals surface area contributed by atoms with Crippen molar-refractivity contribution >= 4 is 11.6 Å². The van der Waals surface area contributed by atoms with Gasteiger partial charge < -0.3 is 15.2 Å². The van der Waals surface area contributed by atoms with Gasteiger partial charge >= 0.3 is 0 Å². The maximum Gasteiger partial charge on any atom is 0.119 e. The van der Waals surface area contributed by atoms with Crippen molar-refractivity contribution in [3.05, 3.63) is 29.3 Å². The van der Waals surface area contributed by atoms with Gasteiger partial charge in [0.2, 0.25) is 0 Å². The second kappa shape index (κ2) is 6.67. The van der Waals surface area contributed by atoms with Crippen molar-refractivity contribution in [3.63, 3.8) is 0 Å². The van der Waals surface area contributed by atoms with Gasteiger partial charge in [0.1, 0.15) is 12.4 Å². The molecule has 84 valence electrons. The summed E-state index contributed by atoms with van der Waals surface area (Å²) >= 11 is 5.74. The largest absolute Gasteiger partial charge is 0.492 e. The molecule has 0 fully saturated rings. The number of hydrogen-bond donors (Lipinski definition) is 2. The molecule has 2 N–H and O–H groups in total. The third-order valence-corrected chi connectivity index (χ3v) is 2.20. The van der Waals surface area contributed by atoms with Crippen molar-refractivity contribution < 1.29 is 9.84 Å².